The molecule has 1 amide bonds. The minimum absolute atomic E-state index is 0.0846. The number of halogens is 1. The van der Waals surface area contributed by atoms with Crippen molar-refractivity contribution in [2.45, 2.75) is 20.3 Å². The van der Waals surface area contributed by atoms with Crippen molar-refractivity contribution in [3.63, 3.8) is 0 Å². The number of likely N-dealkylation sites (tertiary alicyclic amines) is 1. The molecular formula is C15H20BrNO2. The van der Waals surface area contributed by atoms with Gasteiger partial charge in [0.2, 0.25) is 0 Å². The van der Waals surface area contributed by atoms with Gasteiger partial charge in [0.1, 0.15) is 5.75 Å². The van der Waals surface area contributed by atoms with Gasteiger partial charge in [-0.15, -0.1) is 0 Å². The van der Waals surface area contributed by atoms with Crippen molar-refractivity contribution < 1.29 is 9.53 Å². The van der Waals surface area contributed by atoms with Gasteiger partial charge in [-0.2, -0.15) is 0 Å². The molecule has 4 heteroatoms. The lowest BCUT2D eigenvalue weighted by atomic mass is 9.92. The summed E-state index contributed by atoms with van der Waals surface area (Å²) in [6.45, 7) is 6.23. The maximum absolute atomic E-state index is 12.1. The zero-order valence-electron chi connectivity index (χ0n) is 11.4. The molecule has 0 spiro atoms. The second-order valence-corrected chi connectivity index (χ2v) is 6.40. The highest BCUT2D eigenvalue weighted by Gasteiger charge is 2.25. The van der Waals surface area contributed by atoms with Crippen LogP contribution in [0.4, 0.5) is 0 Å². The molecule has 1 saturated heterocycles. The summed E-state index contributed by atoms with van der Waals surface area (Å²) in [5.74, 6) is 1.98. The van der Waals surface area contributed by atoms with Crippen LogP contribution in [0.2, 0.25) is 0 Å². The van der Waals surface area contributed by atoms with Gasteiger partial charge in [0.05, 0.1) is 0 Å². The van der Waals surface area contributed by atoms with Gasteiger partial charge in [0.25, 0.3) is 5.91 Å². The Morgan fingerprint density at radius 1 is 1.26 bits per heavy atom. The lowest BCUT2D eigenvalue weighted by Gasteiger charge is -2.34. The first-order valence-electron chi connectivity index (χ1n) is 6.70. The molecule has 0 aliphatic carbocycles. The quantitative estimate of drug-likeness (QED) is 0.853. The Kier molecular flexibility index (Phi) is 4.86. The molecule has 0 radical (unpaired) electrons. The number of rotatable bonds is 3. The lowest BCUT2D eigenvalue weighted by Crippen LogP contribution is -2.44. The van der Waals surface area contributed by atoms with Crippen LogP contribution in [0.1, 0.15) is 20.3 Å². The summed E-state index contributed by atoms with van der Waals surface area (Å²) < 4.78 is 6.54. The Morgan fingerprint density at radius 3 is 2.42 bits per heavy atom. The number of amides is 1. The van der Waals surface area contributed by atoms with Crippen LogP contribution < -0.4 is 4.74 Å². The van der Waals surface area contributed by atoms with Gasteiger partial charge in [-0.3, -0.25) is 4.79 Å². The van der Waals surface area contributed by atoms with E-state index in [1.54, 1.807) is 0 Å². The molecule has 0 unspecified atom stereocenters. The van der Waals surface area contributed by atoms with E-state index in [0.717, 1.165) is 23.3 Å². The van der Waals surface area contributed by atoms with Crippen molar-refractivity contribution in [1.29, 1.82) is 0 Å². The predicted molar refractivity (Wildman–Crippen MR) is 79.2 cm³/mol. The van der Waals surface area contributed by atoms with Crippen molar-refractivity contribution in [2.75, 3.05) is 19.7 Å². The van der Waals surface area contributed by atoms with Crippen LogP contribution in [-0.4, -0.2) is 30.5 Å². The van der Waals surface area contributed by atoms with Crippen LogP contribution in [0, 0.1) is 11.8 Å². The summed E-state index contributed by atoms with van der Waals surface area (Å²) in [5, 5.41) is 0. The average Bonchev–Trinajstić information content (AvgIpc) is 2.36. The monoisotopic (exact) mass is 325 g/mol. The van der Waals surface area contributed by atoms with Gasteiger partial charge < -0.3 is 9.64 Å². The number of carbonyl (C=O) groups excluding carboxylic acids is 1. The topological polar surface area (TPSA) is 29.5 Å². The summed E-state index contributed by atoms with van der Waals surface area (Å²) in [4.78, 5) is 14.0. The second-order valence-electron chi connectivity index (χ2n) is 5.49. The van der Waals surface area contributed by atoms with E-state index in [0.29, 0.717) is 11.8 Å². The standard InChI is InChI=1S/C15H20BrNO2/c1-11-7-12(2)9-17(8-11)15(18)10-19-14-5-3-13(16)4-6-14/h3-6,11-12H,7-10H2,1-2H3/t11-,12+. The van der Waals surface area contributed by atoms with E-state index in [2.05, 4.69) is 29.8 Å². The van der Waals surface area contributed by atoms with Gasteiger partial charge >= 0.3 is 0 Å². The van der Waals surface area contributed by atoms with E-state index < -0.39 is 0 Å². The van der Waals surface area contributed by atoms with Crippen molar-refractivity contribution >= 4 is 21.8 Å². The SMILES string of the molecule is C[C@@H]1C[C@H](C)CN(C(=O)COc2ccc(Br)cc2)C1. The first kappa shape index (κ1) is 14.4. The summed E-state index contributed by atoms with van der Waals surface area (Å²) >= 11 is 3.37. The normalized spacial score (nSPS) is 23.2. The van der Waals surface area contributed by atoms with Gasteiger partial charge in [-0.25, -0.2) is 0 Å². The van der Waals surface area contributed by atoms with Gasteiger partial charge in [-0.05, 0) is 42.5 Å². The molecule has 1 aliphatic rings. The first-order valence-corrected chi connectivity index (χ1v) is 7.50. The van der Waals surface area contributed by atoms with E-state index in [1.807, 2.05) is 29.2 Å². The van der Waals surface area contributed by atoms with Crippen LogP contribution in [-0.2, 0) is 4.79 Å². The predicted octanol–water partition coefficient (Wildman–Crippen LogP) is 3.33. The number of benzene rings is 1. The van der Waals surface area contributed by atoms with E-state index in [4.69, 9.17) is 4.74 Å². The highest BCUT2D eigenvalue weighted by Crippen LogP contribution is 2.21. The number of nitrogens with zero attached hydrogens (tertiary/aromatic N) is 1. The van der Waals surface area contributed by atoms with E-state index in [9.17, 15) is 4.79 Å². The Labute approximate surface area is 123 Å². The summed E-state index contributed by atoms with van der Waals surface area (Å²) in [5.41, 5.74) is 0. The second kappa shape index (κ2) is 6.42. The smallest absolute Gasteiger partial charge is 0.260 e. The van der Waals surface area contributed by atoms with Crippen LogP contribution in [0.25, 0.3) is 0 Å². The lowest BCUT2D eigenvalue weighted by molar-refractivity contribution is -0.136. The molecule has 1 aromatic rings. The Hall–Kier alpha value is -1.03. The van der Waals surface area contributed by atoms with Gasteiger partial charge in [0.15, 0.2) is 6.61 Å². The van der Waals surface area contributed by atoms with Crippen LogP contribution in [0.15, 0.2) is 28.7 Å². The third-order valence-electron chi connectivity index (χ3n) is 3.40. The fraction of sp³-hybridized carbons (Fsp3) is 0.533. The zero-order valence-corrected chi connectivity index (χ0v) is 13.0. The molecule has 0 aromatic heterocycles. The summed E-state index contributed by atoms with van der Waals surface area (Å²) in [7, 11) is 0. The summed E-state index contributed by atoms with van der Waals surface area (Å²) in [6, 6.07) is 7.54. The maximum atomic E-state index is 12.1. The number of hydrogen-bond donors (Lipinski definition) is 0. The van der Waals surface area contributed by atoms with E-state index in [-0.39, 0.29) is 12.5 Å². The highest BCUT2D eigenvalue weighted by molar-refractivity contribution is 9.10. The number of piperidine rings is 1. The maximum Gasteiger partial charge on any atom is 0.260 e. The fourth-order valence-electron chi connectivity index (χ4n) is 2.63. The molecule has 0 saturated carbocycles. The van der Waals surface area contributed by atoms with E-state index >= 15 is 0 Å². The zero-order chi connectivity index (χ0) is 13.8. The van der Waals surface area contributed by atoms with Crippen LogP contribution >= 0.6 is 15.9 Å². The van der Waals surface area contributed by atoms with Gasteiger partial charge in [-0.1, -0.05) is 29.8 Å². The number of carbonyl (C=O) groups is 1. The molecule has 1 fully saturated rings. The third kappa shape index (κ3) is 4.23. The highest BCUT2D eigenvalue weighted by atomic mass is 79.9. The summed E-state index contributed by atoms with van der Waals surface area (Å²) in [6.07, 6.45) is 1.21. The third-order valence-corrected chi connectivity index (χ3v) is 3.93. The van der Waals surface area contributed by atoms with Crippen LogP contribution in [0.3, 0.4) is 0 Å². The number of hydrogen-bond acceptors (Lipinski definition) is 2. The molecule has 19 heavy (non-hydrogen) atoms. The largest absolute Gasteiger partial charge is 0.484 e. The minimum atomic E-state index is 0.0846. The van der Waals surface area contributed by atoms with E-state index in [1.165, 1.54) is 6.42 Å². The molecule has 0 N–H and O–H groups in total. The molecule has 1 aromatic carbocycles. The molecule has 2 atom stereocenters. The first-order chi connectivity index (χ1) is 9.04. The Balaban J connectivity index is 1.85. The Bertz CT molecular complexity index is 422. The van der Waals surface area contributed by atoms with Crippen molar-refractivity contribution in [3.8, 4) is 5.75 Å². The average molecular weight is 326 g/mol. The molecule has 1 aliphatic heterocycles. The van der Waals surface area contributed by atoms with Crippen molar-refractivity contribution in [1.82, 2.24) is 4.90 Å². The van der Waals surface area contributed by atoms with Crippen molar-refractivity contribution in [2.24, 2.45) is 11.8 Å². The number of ether oxygens (including phenoxy) is 1. The molecular weight excluding hydrogens is 306 g/mol. The minimum Gasteiger partial charge on any atom is -0.484 e. The fourth-order valence-corrected chi connectivity index (χ4v) is 2.90. The molecule has 0 bridgehead atoms. The van der Waals surface area contributed by atoms with Gasteiger partial charge in [0, 0.05) is 17.6 Å². The molecule has 2 rings (SSSR count). The van der Waals surface area contributed by atoms with Crippen molar-refractivity contribution in [3.05, 3.63) is 28.7 Å². The molecule has 1 heterocycles. The molecule has 3 nitrogen and oxygen atoms in total. The molecule has 104 valence electrons. The van der Waals surface area contributed by atoms with Crippen LogP contribution in [0.5, 0.6) is 5.75 Å². The Morgan fingerprint density at radius 2 is 1.84 bits per heavy atom.